The van der Waals surface area contributed by atoms with Gasteiger partial charge in [0.25, 0.3) is 0 Å². The summed E-state index contributed by atoms with van der Waals surface area (Å²) < 4.78 is 0. The summed E-state index contributed by atoms with van der Waals surface area (Å²) in [5.74, 6) is 0. The van der Waals surface area contributed by atoms with Crippen molar-refractivity contribution in [3.63, 3.8) is 0 Å². The zero-order chi connectivity index (χ0) is 9.80. The molecule has 2 rings (SSSR count). The van der Waals surface area contributed by atoms with Crippen molar-refractivity contribution < 1.29 is 4.79 Å². The number of amides is 1. The Morgan fingerprint density at radius 2 is 2.21 bits per heavy atom. The smallest absolute Gasteiger partial charge is 0.207 e. The Morgan fingerprint density at radius 3 is 3.07 bits per heavy atom. The fourth-order valence-electron chi connectivity index (χ4n) is 1.40. The largest absolute Gasteiger partial charge is 0.355 e. The van der Waals surface area contributed by atoms with E-state index in [-0.39, 0.29) is 0 Å². The fourth-order valence-corrected chi connectivity index (χ4v) is 1.40. The van der Waals surface area contributed by atoms with E-state index in [9.17, 15) is 4.79 Å². The lowest BCUT2D eigenvalue weighted by Gasteiger charge is -2.01. The highest BCUT2D eigenvalue weighted by Crippen LogP contribution is 2.13. The first-order chi connectivity index (χ1) is 6.90. The van der Waals surface area contributed by atoms with E-state index in [1.54, 1.807) is 6.20 Å². The van der Waals surface area contributed by atoms with Crippen LogP contribution < -0.4 is 5.32 Å². The third kappa shape index (κ3) is 1.71. The number of nitrogens with zero attached hydrogens (tertiary/aromatic N) is 1. The highest BCUT2D eigenvalue weighted by molar-refractivity contribution is 5.82. The van der Waals surface area contributed by atoms with Crippen molar-refractivity contribution in [1.29, 1.82) is 0 Å². The average Bonchev–Trinajstić information content (AvgIpc) is 2.26. The second-order valence-corrected chi connectivity index (χ2v) is 3.06. The number of fused-ring (bicyclic) bond motifs is 1. The number of benzene rings is 1. The Morgan fingerprint density at radius 1 is 1.29 bits per heavy atom. The minimum atomic E-state index is 0.571. The van der Waals surface area contributed by atoms with Crippen LogP contribution in [0.5, 0.6) is 0 Å². The Kier molecular flexibility index (Phi) is 2.40. The second kappa shape index (κ2) is 3.87. The number of carbonyl (C=O) groups is 1. The molecule has 0 radical (unpaired) electrons. The summed E-state index contributed by atoms with van der Waals surface area (Å²) in [6.07, 6.45) is 4.29. The lowest BCUT2D eigenvalue weighted by atomic mass is 10.1. The molecular formula is C11H10N2O. The second-order valence-electron chi connectivity index (χ2n) is 3.06. The number of aromatic nitrogens is 1. The van der Waals surface area contributed by atoms with Crippen LogP contribution in [0, 0.1) is 0 Å². The third-order valence-electron chi connectivity index (χ3n) is 2.09. The quantitative estimate of drug-likeness (QED) is 0.738. The molecule has 70 valence electrons. The zero-order valence-corrected chi connectivity index (χ0v) is 7.60. The molecule has 0 aliphatic carbocycles. The zero-order valence-electron chi connectivity index (χ0n) is 7.60. The van der Waals surface area contributed by atoms with Gasteiger partial charge in [0.05, 0.1) is 0 Å². The molecule has 1 N–H and O–H groups in total. The van der Waals surface area contributed by atoms with Crippen molar-refractivity contribution in [2.45, 2.75) is 6.54 Å². The third-order valence-corrected chi connectivity index (χ3v) is 2.09. The molecule has 0 atom stereocenters. The molecule has 3 heteroatoms. The number of pyridine rings is 1. The van der Waals surface area contributed by atoms with Gasteiger partial charge in [-0.05, 0) is 23.1 Å². The van der Waals surface area contributed by atoms with Crippen molar-refractivity contribution in [1.82, 2.24) is 10.3 Å². The van der Waals surface area contributed by atoms with Gasteiger partial charge in [0.1, 0.15) is 0 Å². The van der Waals surface area contributed by atoms with Crippen LogP contribution in [-0.2, 0) is 11.3 Å². The van der Waals surface area contributed by atoms with E-state index in [1.165, 1.54) is 0 Å². The van der Waals surface area contributed by atoms with Crippen LogP contribution in [0.2, 0.25) is 0 Å². The van der Waals surface area contributed by atoms with E-state index >= 15 is 0 Å². The molecule has 0 fully saturated rings. The first-order valence-corrected chi connectivity index (χ1v) is 4.40. The van der Waals surface area contributed by atoms with E-state index in [0.29, 0.717) is 13.0 Å². The maximum Gasteiger partial charge on any atom is 0.207 e. The molecule has 0 saturated carbocycles. The van der Waals surface area contributed by atoms with Crippen LogP contribution in [0.15, 0.2) is 36.7 Å². The molecule has 0 bridgehead atoms. The summed E-state index contributed by atoms with van der Waals surface area (Å²) in [6.45, 7) is 0.571. The Bertz CT molecular complexity index is 454. The standard InChI is InChI=1S/C11H10N2O/c14-8-13-6-9-1-2-11-7-12-4-3-10(11)5-9/h1-5,7-8H,6H2,(H,13,14). The van der Waals surface area contributed by atoms with Gasteiger partial charge in [-0.25, -0.2) is 0 Å². The first-order valence-electron chi connectivity index (χ1n) is 4.40. The van der Waals surface area contributed by atoms with E-state index < -0.39 is 0 Å². The fraction of sp³-hybridized carbons (Fsp3) is 0.0909. The van der Waals surface area contributed by atoms with Gasteiger partial charge >= 0.3 is 0 Å². The first kappa shape index (κ1) is 8.69. The number of rotatable bonds is 3. The predicted molar refractivity (Wildman–Crippen MR) is 54.6 cm³/mol. The topological polar surface area (TPSA) is 42.0 Å². The Balaban J connectivity index is 2.36. The normalized spacial score (nSPS) is 10.0. The summed E-state index contributed by atoms with van der Waals surface area (Å²) in [4.78, 5) is 14.2. The highest BCUT2D eigenvalue weighted by atomic mass is 16.1. The van der Waals surface area contributed by atoms with Crippen molar-refractivity contribution in [3.05, 3.63) is 42.2 Å². The molecule has 0 saturated heterocycles. The SMILES string of the molecule is O=CNCc1ccc2cnccc2c1. The Hall–Kier alpha value is -1.90. The molecule has 14 heavy (non-hydrogen) atoms. The molecule has 0 spiro atoms. The lowest BCUT2D eigenvalue weighted by molar-refractivity contribution is -0.109. The molecule has 0 aliphatic rings. The number of nitrogens with one attached hydrogen (secondary N) is 1. The number of hydrogen-bond acceptors (Lipinski definition) is 2. The molecule has 1 heterocycles. The summed E-state index contributed by atoms with van der Waals surface area (Å²) in [6, 6.07) is 8.00. The molecule has 1 aromatic heterocycles. The Labute approximate surface area is 81.8 Å². The van der Waals surface area contributed by atoms with E-state index in [2.05, 4.69) is 10.3 Å². The monoisotopic (exact) mass is 186 g/mol. The average molecular weight is 186 g/mol. The van der Waals surface area contributed by atoms with Gasteiger partial charge in [-0.1, -0.05) is 12.1 Å². The van der Waals surface area contributed by atoms with E-state index in [4.69, 9.17) is 0 Å². The van der Waals surface area contributed by atoms with Crippen molar-refractivity contribution in [2.75, 3.05) is 0 Å². The van der Waals surface area contributed by atoms with Gasteiger partial charge in [-0.2, -0.15) is 0 Å². The minimum Gasteiger partial charge on any atom is -0.355 e. The highest BCUT2D eigenvalue weighted by Gasteiger charge is 1.95. The predicted octanol–water partition coefficient (Wildman–Crippen LogP) is 1.48. The number of hydrogen-bond donors (Lipinski definition) is 1. The summed E-state index contributed by atoms with van der Waals surface area (Å²) >= 11 is 0. The van der Waals surface area contributed by atoms with Gasteiger partial charge in [0.15, 0.2) is 0 Å². The van der Waals surface area contributed by atoms with Gasteiger partial charge < -0.3 is 5.32 Å². The molecule has 1 aromatic carbocycles. The van der Waals surface area contributed by atoms with Crippen molar-refractivity contribution in [2.24, 2.45) is 0 Å². The van der Waals surface area contributed by atoms with E-state index in [0.717, 1.165) is 16.3 Å². The van der Waals surface area contributed by atoms with Crippen LogP contribution in [-0.4, -0.2) is 11.4 Å². The van der Waals surface area contributed by atoms with Gasteiger partial charge in [0, 0.05) is 24.3 Å². The molecule has 0 unspecified atom stereocenters. The summed E-state index contributed by atoms with van der Waals surface area (Å²) in [5, 5.41) is 4.89. The van der Waals surface area contributed by atoms with Gasteiger partial charge in [-0.15, -0.1) is 0 Å². The maximum atomic E-state index is 10.1. The minimum absolute atomic E-state index is 0.571. The maximum absolute atomic E-state index is 10.1. The van der Waals surface area contributed by atoms with Crippen LogP contribution in [0.3, 0.4) is 0 Å². The van der Waals surface area contributed by atoms with E-state index in [1.807, 2.05) is 30.5 Å². The van der Waals surface area contributed by atoms with Crippen LogP contribution in [0.25, 0.3) is 10.8 Å². The molecule has 3 nitrogen and oxygen atoms in total. The van der Waals surface area contributed by atoms with Crippen LogP contribution in [0.1, 0.15) is 5.56 Å². The van der Waals surface area contributed by atoms with Crippen molar-refractivity contribution in [3.8, 4) is 0 Å². The molecular weight excluding hydrogens is 176 g/mol. The summed E-state index contributed by atoms with van der Waals surface area (Å²) in [5.41, 5.74) is 1.09. The van der Waals surface area contributed by atoms with Crippen molar-refractivity contribution >= 4 is 17.2 Å². The van der Waals surface area contributed by atoms with Gasteiger partial charge in [0.2, 0.25) is 6.41 Å². The number of carbonyl (C=O) groups excluding carboxylic acids is 1. The molecule has 0 aliphatic heterocycles. The van der Waals surface area contributed by atoms with Crippen LogP contribution in [0.4, 0.5) is 0 Å². The lowest BCUT2D eigenvalue weighted by Crippen LogP contribution is -2.09. The van der Waals surface area contributed by atoms with Gasteiger partial charge in [-0.3, -0.25) is 9.78 Å². The van der Waals surface area contributed by atoms with Crippen LogP contribution >= 0.6 is 0 Å². The summed E-state index contributed by atoms with van der Waals surface area (Å²) in [7, 11) is 0. The molecule has 2 aromatic rings. The molecule has 1 amide bonds.